The van der Waals surface area contributed by atoms with Gasteiger partial charge in [0, 0.05) is 23.4 Å². The first-order valence-electron chi connectivity index (χ1n) is 10.7. The van der Waals surface area contributed by atoms with Crippen LogP contribution in [0, 0.1) is 23.7 Å². The maximum absolute atomic E-state index is 13.5. The van der Waals surface area contributed by atoms with Crippen LogP contribution in [-0.2, 0) is 4.79 Å². The zero-order chi connectivity index (χ0) is 22.6. The normalized spacial score (nSPS) is 21.5. The average Bonchev–Trinajstić information content (AvgIpc) is 3.21. The Hall–Kier alpha value is -3.72. The average molecular weight is 428 g/mol. The number of anilines is 1. The highest BCUT2D eigenvalue weighted by Gasteiger charge is 2.44. The van der Waals surface area contributed by atoms with Crippen LogP contribution in [0.4, 0.5) is 5.69 Å². The van der Waals surface area contributed by atoms with Gasteiger partial charge in [-0.1, -0.05) is 37.6 Å². The monoisotopic (exact) mass is 427 g/mol. The fourth-order valence-electron chi connectivity index (χ4n) is 4.92. The second kappa shape index (κ2) is 7.16. The van der Waals surface area contributed by atoms with E-state index in [9.17, 15) is 10.1 Å². The number of ketones is 1. The number of nitrogens with zero attached hydrogens (tertiary/aromatic N) is 2. The van der Waals surface area contributed by atoms with Crippen LogP contribution in [0.25, 0.3) is 0 Å². The fraction of sp³-hybridized carbons (Fsp3) is 0.308. The zero-order valence-corrected chi connectivity index (χ0v) is 18.4. The topological polar surface area (TPSA) is 88.6 Å². The van der Waals surface area contributed by atoms with E-state index in [0.29, 0.717) is 41.3 Å². The molecule has 0 fully saturated rings. The predicted molar refractivity (Wildman–Crippen MR) is 121 cm³/mol. The summed E-state index contributed by atoms with van der Waals surface area (Å²) in [6.45, 7) is 6.37. The van der Waals surface area contributed by atoms with Crippen LogP contribution < -0.4 is 20.1 Å². The number of hydrogen-bond acceptors (Lipinski definition) is 6. The minimum atomic E-state index is -0.533. The Labute approximate surface area is 187 Å². The molecule has 1 atom stereocenters. The van der Waals surface area contributed by atoms with Gasteiger partial charge in [-0.15, -0.1) is 0 Å². The summed E-state index contributed by atoms with van der Waals surface area (Å²) in [5.41, 5.74) is 11.1. The number of aryl methyl sites for hydroxylation is 1. The number of allylic oxidation sites excluding steroid dienone is 3. The Balaban J connectivity index is 1.74. The molecule has 5 rings (SSSR count). The van der Waals surface area contributed by atoms with E-state index < -0.39 is 5.92 Å². The zero-order valence-electron chi connectivity index (χ0n) is 18.4. The van der Waals surface area contributed by atoms with Crippen molar-refractivity contribution in [3.05, 3.63) is 76.3 Å². The molecule has 2 aromatic rings. The Morgan fingerprint density at radius 3 is 2.53 bits per heavy atom. The first-order valence-corrected chi connectivity index (χ1v) is 10.7. The van der Waals surface area contributed by atoms with E-state index >= 15 is 0 Å². The number of rotatable bonds is 2. The highest BCUT2D eigenvalue weighted by molar-refractivity contribution is 6.01. The molecule has 0 bridgehead atoms. The molecule has 32 heavy (non-hydrogen) atoms. The summed E-state index contributed by atoms with van der Waals surface area (Å²) in [4.78, 5) is 15.4. The van der Waals surface area contributed by atoms with Gasteiger partial charge < -0.3 is 15.2 Å². The smallest absolute Gasteiger partial charge is 0.231 e. The highest BCUT2D eigenvalue weighted by atomic mass is 16.7. The van der Waals surface area contributed by atoms with Gasteiger partial charge in [0.15, 0.2) is 17.3 Å². The molecular weight excluding hydrogens is 402 g/mol. The molecule has 2 aromatic carbocycles. The number of nitriles is 1. The molecule has 2 heterocycles. The Morgan fingerprint density at radius 2 is 1.81 bits per heavy atom. The van der Waals surface area contributed by atoms with Crippen LogP contribution in [0.5, 0.6) is 11.5 Å². The molecule has 2 N–H and O–H groups in total. The van der Waals surface area contributed by atoms with Crippen LogP contribution >= 0.6 is 0 Å². The summed E-state index contributed by atoms with van der Waals surface area (Å²) in [5, 5.41) is 10.2. The number of nitrogens with two attached hydrogens (primary N) is 1. The largest absolute Gasteiger partial charge is 0.454 e. The third kappa shape index (κ3) is 3.13. The number of hydrogen-bond donors (Lipinski definition) is 1. The molecule has 1 unspecified atom stereocenters. The van der Waals surface area contributed by atoms with Crippen molar-refractivity contribution < 1.29 is 14.3 Å². The lowest BCUT2D eigenvalue weighted by molar-refractivity contribution is -0.118. The summed E-state index contributed by atoms with van der Waals surface area (Å²) in [6.07, 6.45) is 1.11. The molecule has 0 radical (unpaired) electrons. The van der Waals surface area contributed by atoms with Crippen molar-refractivity contribution >= 4 is 11.5 Å². The lowest BCUT2D eigenvalue weighted by Gasteiger charge is -2.43. The quantitative estimate of drug-likeness (QED) is 0.750. The lowest BCUT2D eigenvalue weighted by Crippen LogP contribution is -2.42. The Kier molecular flexibility index (Phi) is 4.52. The van der Waals surface area contributed by atoms with Crippen LogP contribution in [0.1, 0.15) is 43.7 Å². The molecule has 0 saturated heterocycles. The first kappa shape index (κ1) is 20.2. The van der Waals surface area contributed by atoms with E-state index in [1.807, 2.05) is 54.3 Å². The first-order chi connectivity index (χ1) is 15.3. The van der Waals surface area contributed by atoms with Crippen molar-refractivity contribution in [3.8, 4) is 17.6 Å². The second-order valence-corrected chi connectivity index (χ2v) is 9.43. The summed E-state index contributed by atoms with van der Waals surface area (Å²) < 4.78 is 11.0. The van der Waals surface area contributed by atoms with Gasteiger partial charge in [-0.2, -0.15) is 5.26 Å². The summed E-state index contributed by atoms with van der Waals surface area (Å²) in [7, 11) is 0. The molecule has 162 valence electrons. The van der Waals surface area contributed by atoms with E-state index in [-0.39, 0.29) is 18.0 Å². The minimum Gasteiger partial charge on any atom is -0.454 e. The van der Waals surface area contributed by atoms with E-state index in [2.05, 4.69) is 19.9 Å². The van der Waals surface area contributed by atoms with Crippen molar-refractivity contribution in [1.29, 1.82) is 5.26 Å². The van der Waals surface area contributed by atoms with Gasteiger partial charge in [0.05, 0.1) is 17.6 Å². The number of Topliss-reactive ketones (excluding diaryl/α,β-unsaturated/α-hetero) is 1. The third-order valence-corrected chi connectivity index (χ3v) is 6.40. The maximum Gasteiger partial charge on any atom is 0.231 e. The number of benzene rings is 2. The standard InChI is InChI=1S/C26H25N3O3/c1-15-4-7-17(8-5-15)29-19-11-26(2,3)12-20(30)24(19)23(18(13-27)25(29)28)16-6-9-21-22(10-16)32-14-31-21/h4-10,23H,11-12,14,28H2,1-3H3. The summed E-state index contributed by atoms with van der Waals surface area (Å²) in [6, 6.07) is 15.9. The van der Waals surface area contributed by atoms with E-state index in [4.69, 9.17) is 15.2 Å². The molecule has 1 aliphatic carbocycles. The number of carbonyl (C=O) groups excluding carboxylic acids is 1. The maximum atomic E-state index is 13.5. The van der Waals surface area contributed by atoms with Crippen molar-refractivity contribution in [2.24, 2.45) is 11.1 Å². The van der Waals surface area contributed by atoms with Crippen LogP contribution in [0.3, 0.4) is 0 Å². The van der Waals surface area contributed by atoms with Gasteiger partial charge in [0.2, 0.25) is 6.79 Å². The number of carbonyl (C=O) groups is 1. The van der Waals surface area contributed by atoms with Crippen molar-refractivity contribution in [2.45, 2.75) is 39.5 Å². The molecule has 2 aliphatic heterocycles. The SMILES string of the molecule is Cc1ccc(N2C(N)=C(C#N)C(c3ccc4c(c3)OCO4)C3=C2CC(C)(C)CC3=O)cc1. The van der Waals surface area contributed by atoms with E-state index in [1.54, 1.807) is 0 Å². The van der Waals surface area contributed by atoms with Crippen molar-refractivity contribution in [3.63, 3.8) is 0 Å². The second-order valence-electron chi connectivity index (χ2n) is 9.43. The third-order valence-electron chi connectivity index (χ3n) is 6.40. The summed E-state index contributed by atoms with van der Waals surface area (Å²) in [5.74, 6) is 1.16. The molecule has 3 aliphatic rings. The van der Waals surface area contributed by atoms with Crippen LogP contribution in [-0.4, -0.2) is 12.6 Å². The molecule has 0 amide bonds. The van der Waals surface area contributed by atoms with Gasteiger partial charge >= 0.3 is 0 Å². The summed E-state index contributed by atoms with van der Waals surface area (Å²) >= 11 is 0. The molecule has 6 nitrogen and oxygen atoms in total. The van der Waals surface area contributed by atoms with Gasteiger partial charge in [0.1, 0.15) is 5.82 Å². The van der Waals surface area contributed by atoms with E-state index in [0.717, 1.165) is 22.5 Å². The molecule has 0 aromatic heterocycles. The van der Waals surface area contributed by atoms with Gasteiger partial charge in [-0.3, -0.25) is 9.69 Å². The number of ether oxygens (including phenoxy) is 2. The van der Waals surface area contributed by atoms with Gasteiger partial charge in [0.25, 0.3) is 0 Å². The lowest BCUT2D eigenvalue weighted by atomic mass is 9.68. The van der Waals surface area contributed by atoms with E-state index in [1.165, 1.54) is 0 Å². The molecule has 0 spiro atoms. The van der Waals surface area contributed by atoms with Gasteiger partial charge in [-0.25, -0.2) is 0 Å². The Morgan fingerprint density at radius 1 is 1.09 bits per heavy atom. The van der Waals surface area contributed by atoms with Crippen molar-refractivity contribution in [1.82, 2.24) is 0 Å². The molecule has 0 saturated carbocycles. The van der Waals surface area contributed by atoms with Crippen molar-refractivity contribution in [2.75, 3.05) is 11.7 Å². The minimum absolute atomic E-state index is 0.0521. The van der Waals surface area contributed by atoms with Crippen LogP contribution in [0.2, 0.25) is 0 Å². The molecule has 6 heteroatoms. The predicted octanol–water partition coefficient (Wildman–Crippen LogP) is 4.66. The number of fused-ring (bicyclic) bond motifs is 1. The van der Waals surface area contributed by atoms with Gasteiger partial charge in [-0.05, 0) is 48.6 Å². The highest BCUT2D eigenvalue weighted by Crippen LogP contribution is 2.51. The fourth-order valence-corrected chi connectivity index (χ4v) is 4.92. The Bertz CT molecular complexity index is 1230. The molecular formula is C26H25N3O3. The van der Waals surface area contributed by atoms with Crippen LogP contribution in [0.15, 0.2) is 65.1 Å².